The van der Waals surface area contributed by atoms with Crippen LogP contribution in [0.25, 0.3) is 0 Å². The van der Waals surface area contributed by atoms with Gasteiger partial charge in [0.15, 0.2) is 0 Å². The van der Waals surface area contributed by atoms with Crippen LogP contribution in [0, 0.1) is 5.92 Å². The zero-order valence-electron chi connectivity index (χ0n) is 8.17. The van der Waals surface area contributed by atoms with E-state index >= 15 is 0 Å². The summed E-state index contributed by atoms with van der Waals surface area (Å²) in [5, 5.41) is 3.23. The fourth-order valence-corrected chi connectivity index (χ4v) is 2.05. The highest BCUT2D eigenvalue weighted by atomic mass is 28.3. The van der Waals surface area contributed by atoms with Crippen LogP contribution in [-0.2, 0) is 8.54 Å². The number of nitrogens with two attached hydrogens (primary N) is 1. The third-order valence-corrected chi connectivity index (χ3v) is 2.90. The van der Waals surface area contributed by atoms with Gasteiger partial charge >= 0.3 is 0 Å². The summed E-state index contributed by atoms with van der Waals surface area (Å²) in [5.74, 6) is 0.473. The maximum absolute atomic E-state index is 5.54. The summed E-state index contributed by atoms with van der Waals surface area (Å²) in [4.78, 5) is 0. The van der Waals surface area contributed by atoms with E-state index in [1.807, 2.05) is 0 Å². The van der Waals surface area contributed by atoms with Crippen LogP contribution < -0.4 is 11.1 Å². The Morgan fingerprint density at radius 3 is 2.67 bits per heavy atom. The van der Waals surface area contributed by atoms with Crippen LogP contribution >= 0.6 is 0 Å². The Morgan fingerprint density at radius 2 is 2.25 bits per heavy atom. The van der Waals surface area contributed by atoms with Crippen molar-refractivity contribution in [3.63, 3.8) is 0 Å². The van der Waals surface area contributed by atoms with Crippen molar-refractivity contribution in [1.82, 2.24) is 5.32 Å². The average Bonchev–Trinajstić information content (AvgIpc) is 2.04. The van der Waals surface area contributed by atoms with E-state index in [1.54, 1.807) is 0 Å². The fourth-order valence-electron chi connectivity index (χ4n) is 0.854. The standard InChI is InChI=1S/C6H20N2O2Si2/c1-5(2)6(8-4-3-7)9-12-10-11/h5-6,8H,3-4,7,12H2,1-2,11H3. The van der Waals surface area contributed by atoms with Crippen molar-refractivity contribution in [1.29, 1.82) is 0 Å². The van der Waals surface area contributed by atoms with Gasteiger partial charge in [0.2, 0.25) is 0 Å². The molecule has 0 aromatic heterocycles. The van der Waals surface area contributed by atoms with Crippen LogP contribution in [0.15, 0.2) is 0 Å². The normalized spacial score (nSPS) is 15.0. The maximum atomic E-state index is 5.54. The summed E-state index contributed by atoms with van der Waals surface area (Å²) < 4.78 is 10.6. The number of nitrogens with one attached hydrogen (secondary N) is 1. The lowest BCUT2D eigenvalue weighted by Gasteiger charge is -2.22. The van der Waals surface area contributed by atoms with Crippen molar-refractivity contribution in [3.05, 3.63) is 0 Å². The van der Waals surface area contributed by atoms with Crippen LogP contribution in [-0.4, -0.2) is 39.8 Å². The van der Waals surface area contributed by atoms with E-state index in [4.69, 9.17) is 14.3 Å². The molecule has 0 aromatic rings. The minimum atomic E-state index is -0.738. The van der Waals surface area contributed by atoms with Crippen molar-refractivity contribution in [3.8, 4) is 0 Å². The Morgan fingerprint density at radius 1 is 1.58 bits per heavy atom. The van der Waals surface area contributed by atoms with Crippen molar-refractivity contribution in [2.24, 2.45) is 11.7 Å². The Bertz CT molecular complexity index is 97.5. The van der Waals surface area contributed by atoms with Crippen LogP contribution in [0.1, 0.15) is 13.8 Å². The van der Waals surface area contributed by atoms with E-state index in [2.05, 4.69) is 19.2 Å². The molecule has 1 unspecified atom stereocenters. The molecule has 74 valence electrons. The van der Waals surface area contributed by atoms with Gasteiger partial charge < -0.3 is 14.3 Å². The molecule has 1 atom stereocenters. The summed E-state index contributed by atoms with van der Waals surface area (Å²) in [7, 11) is 0.0415. The molecule has 0 saturated carbocycles. The first-order valence-corrected chi connectivity index (χ1v) is 6.23. The second-order valence-electron chi connectivity index (χ2n) is 2.98. The van der Waals surface area contributed by atoms with Crippen LogP contribution in [0.4, 0.5) is 0 Å². The third-order valence-electron chi connectivity index (χ3n) is 1.46. The van der Waals surface area contributed by atoms with Gasteiger partial charge in [-0.15, -0.1) is 0 Å². The fraction of sp³-hybridized carbons (Fsp3) is 1.00. The van der Waals surface area contributed by atoms with Crippen LogP contribution in [0.5, 0.6) is 0 Å². The largest absolute Gasteiger partial charge is 0.449 e. The molecule has 0 amide bonds. The van der Waals surface area contributed by atoms with Crippen molar-refractivity contribution in [2.75, 3.05) is 13.1 Å². The average molecular weight is 208 g/mol. The first kappa shape index (κ1) is 12.3. The predicted octanol–water partition coefficient (Wildman–Crippen LogP) is -2.17. The zero-order chi connectivity index (χ0) is 9.40. The van der Waals surface area contributed by atoms with E-state index in [0.717, 1.165) is 17.0 Å². The molecule has 4 nitrogen and oxygen atoms in total. The minimum Gasteiger partial charge on any atom is -0.449 e. The molecular weight excluding hydrogens is 188 g/mol. The molecule has 0 aliphatic heterocycles. The summed E-state index contributed by atoms with van der Waals surface area (Å²) >= 11 is 0. The lowest BCUT2D eigenvalue weighted by Crippen LogP contribution is -2.40. The molecule has 3 N–H and O–H groups in total. The molecule has 0 spiro atoms. The Balaban J connectivity index is 3.55. The summed E-state index contributed by atoms with van der Waals surface area (Å²) in [6.07, 6.45) is 0.120. The topological polar surface area (TPSA) is 56.5 Å². The monoisotopic (exact) mass is 208 g/mol. The van der Waals surface area contributed by atoms with Gasteiger partial charge in [0.05, 0.1) is 0 Å². The molecule has 0 heterocycles. The highest BCUT2D eigenvalue weighted by Gasteiger charge is 2.11. The van der Waals surface area contributed by atoms with E-state index in [-0.39, 0.29) is 6.23 Å². The van der Waals surface area contributed by atoms with Gasteiger partial charge in [0.25, 0.3) is 10.0 Å². The maximum Gasteiger partial charge on any atom is 0.294 e. The van der Waals surface area contributed by atoms with Crippen molar-refractivity contribution in [2.45, 2.75) is 20.1 Å². The second-order valence-corrected chi connectivity index (χ2v) is 5.86. The van der Waals surface area contributed by atoms with Gasteiger partial charge in [0, 0.05) is 13.1 Å². The number of hydrogen-bond donors (Lipinski definition) is 2. The molecule has 0 bridgehead atoms. The van der Waals surface area contributed by atoms with Gasteiger partial charge in [-0.2, -0.15) is 0 Å². The van der Waals surface area contributed by atoms with Gasteiger partial charge in [-0.1, -0.05) is 13.8 Å². The lowest BCUT2D eigenvalue weighted by atomic mass is 10.2. The van der Waals surface area contributed by atoms with E-state index in [0.29, 0.717) is 12.5 Å². The van der Waals surface area contributed by atoms with E-state index in [9.17, 15) is 0 Å². The molecule has 0 aliphatic carbocycles. The molecule has 12 heavy (non-hydrogen) atoms. The Kier molecular flexibility index (Phi) is 8.08. The number of hydrogen-bond acceptors (Lipinski definition) is 4. The Labute approximate surface area is 79.8 Å². The molecule has 0 rings (SSSR count). The van der Waals surface area contributed by atoms with E-state index < -0.39 is 10.0 Å². The lowest BCUT2D eigenvalue weighted by molar-refractivity contribution is 0.108. The third kappa shape index (κ3) is 5.87. The minimum absolute atomic E-state index is 0.120. The molecule has 0 fully saturated rings. The molecule has 0 aliphatic rings. The summed E-state index contributed by atoms with van der Waals surface area (Å²) in [6.45, 7) is 5.69. The zero-order valence-corrected chi connectivity index (χ0v) is 11.6. The number of rotatable bonds is 7. The van der Waals surface area contributed by atoms with Crippen LogP contribution in [0.2, 0.25) is 0 Å². The van der Waals surface area contributed by atoms with Gasteiger partial charge in [-0.05, 0) is 5.92 Å². The van der Waals surface area contributed by atoms with Gasteiger partial charge in [-0.25, -0.2) is 0 Å². The first-order chi connectivity index (χ1) is 5.72. The van der Waals surface area contributed by atoms with Crippen LogP contribution in [0.3, 0.4) is 0 Å². The molecule has 6 heteroatoms. The molecule has 0 aromatic carbocycles. The predicted molar refractivity (Wildman–Crippen MR) is 56.3 cm³/mol. The van der Waals surface area contributed by atoms with E-state index in [1.165, 1.54) is 0 Å². The quantitative estimate of drug-likeness (QED) is 0.369. The Hall–Kier alpha value is 0.274. The molecule has 0 radical (unpaired) electrons. The second kappa shape index (κ2) is 7.90. The van der Waals surface area contributed by atoms with Crippen molar-refractivity contribution >= 4 is 20.5 Å². The van der Waals surface area contributed by atoms with Crippen molar-refractivity contribution < 1.29 is 8.54 Å². The highest BCUT2D eigenvalue weighted by molar-refractivity contribution is 6.27. The summed E-state index contributed by atoms with van der Waals surface area (Å²) in [6, 6.07) is 0. The smallest absolute Gasteiger partial charge is 0.294 e. The van der Waals surface area contributed by atoms with Gasteiger partial charge in [-0.3, -0.25) is 5.32 Å². The molecular formula is C6H20N2O2Si2. The summed E-state index contributed by atoms with van der Waals surface area (Å²) in [5.41, 5.74) is 5.37. The first-order valence-electron chi connectivity index (χ1n) is 4.26. The SMILES string of the molecule is CC(C)C(NCCN)O[SiH2]O[SiH3]. The molecule has 0 saturated heterocycles. The van der Waals surface area contributed by atoms with Gasteiger partial charge in [0.1, 0.15) is 16.7 Å². The highest BCUT2D eigenvalue weighted by Crippen LogP contribution is 2.01.